The number of hydrogen-bond acceptors (Lipinski definition) is 5. The summed E-state index contributed by atoms with van der Waals surface area (Å²) in [6.45, 7) is 7.68. The lowest BCUT2D eigenvalue weighted by atomic mass is 9.91. The SMILES string of the molecule is C=CC[C@@H](C(=O)N1C(=O)OC[C@H]1C(C)C)[C@@H](O)c1cccnc1. The third-order valence-electron chi connectivity index (χ3n) is 4.06. The fourth-order valence-electron chi connectivity index (χ4n) is 2.69. The number of nitrogens with zero attached hydrogens (tertiary/aromatic N) is 2. The van der Waals surface area contributed by atoms with Gasteiger partial charge in [0.2, 0.25) is 5.91 Å². The van der Waals surface area contributed by atoms with E-state index in [4.69, 9.17) is 4.74 Å². The van der Waals surface area contributed by atoms with Gasteiger partial charge in [-0.2, -0.15) is 0 Å². The van der Waals surface area contributed by atoms with Gasteiger partial charge in [-0.15, -0.1) is 6.58 Å². The minimum Gasteiger partial charge on any atom is -0.447 e. The Balaban J connectivity index is 2.27. The van der Waals surface area contributed by atoms with Crippen LogP contribution in [0.5, 0.6) is 0 Å². The molecule has 0 aromatic carbocycles. The molecule has 1 saturated heterocycles. The van der Waals surface area contributed by atoms with Crippen LogP contribution in [0.15, 0.2) is 37.2 Å². The molecule has 0 spiro atoms. The normalized spacial score (nSPS) is 20.3. The molecule has 6 nitrogen and oxygen atoms in total. The van der Waals surface area contributed by atoms with Crippen molar-refractivity contribution in [3.05, 3.63) is 42.7 Å². The predicted octanol–water partition coefficient (Wildman–Crippen LogP) is 2.31. The first-order chi connectivity index (χ1) is 11.0. The molecule has 1 aliphatic heterocycles. The molecule has 1 fully saturated rings. The van der Waals surface area contributed by atoms with E-state index in [1.807, 2.05) is 13.8 Å². The number of imide groups is 1. The van der Waals surface area contributed by atoms with Crippen molar-refractivity contribution in [2.45, 2.75) is 32.4 Å². The van der Waals surface area contributed by atoms with Crippen molar-refractivity contribution in [1.29, 1.82) is 0 Å². The molecule has 3 atom stereocenters. The van der Waals surface area contributed by atoms with E-state index >= 15 is 0 Å². The van der Waals surface area contributed by atoms with Crippen LogP contribution in [0.2, 0.25) is 0 Å². The predicted molar refractivity (Wildman–Crippen MR) is 84.3 cm³/mol. The standard InChI is InChI=1S/C17H22N2O4/c1-4-6-13(15(20)12-7-5-8-18-9-12)16(21)19-14(11(2)3)10-23-17(19)22/h4-5,7-9,11,13-15,20H,1,6,10H2,2-3H3/t13-,14+,15+/m1/s1. The minimum atomic E-state index is -1.06. The molecular formula is C17H22N2O4. The van der Waals surface area contributed by atoms with E-state index < -0.39 is 24.0 Å². The number of ether oxygens (including phenoxy) is 1. The zero-order valence-electron chi connectivity index (χ0n) is 13.4. The lowest BCUT2D eigenvalue weighted by Gasteiger charge is -2.28. The van der Waals surface area contributed by atoms with Crippen molar-refractivity contribution in [2.75, 3.05) is 6.61 Å². The Kier molecular flexibility index (Phi) is 5.50. The van der Waals surface area contributed by atoms with Crippen LogP contribution in [-0.2, 0) is 9.53 Å². The van der Waals surface area contributed by atoms with E-state index in [2.05, 4.69) is 11.6 Å². The Bertz CT molecular complexity index is 573. The highest BCUT2D eigenvalue weighted by molar-refractivity contribution is 5.95. The number of allylic oxidation sites excluding steroid dienone is 1. The minimum absolute atomic E-state index is 0.0744. The summed E-state index contributed by atoms with van der Waals surface area (Å²) in [5, 5.41) is 10.6. The maximum atomic E-state index is 12.9. The average molecular weight is 318 g/mol. The van der Waals surface area contributed by atoms with Crippen LogP contribution >= 0.6 is 0 Å². The molecule has 23 heavy (non-hydrogen) atoms. The molecule has 0 aliphatic carbocycles. The van der Waals surface area contributed by atoms with Gasteiger partial charge in [0.05, 0.1) is 18.1 Å². The first-order valence-corrected chi connectivity index (χ1v) is 7.66. The monoisotopic (exact) mass is 318 g/mol. The van der Waals surface area contributed by atoms with Gasteiger partial charge in [0.1, 0.15) is 6.61 Å². The number of aromatic nitrogens is 1. The van der Waals surface area contributed by atoms with Crippen molar-refractivity contribution < 1.29 is 19.4 Å². The van der Waals surface area contributed by atoms with Crippen LogP contribution in [0.25, 0.3) is 0 Å². The number of rotatable bonds is 6. The Labute approximate surface area is 135 Å². The van der Waals surface area contributed by atoms with Crippen LogP contribution in [0.1, 0.15) is 31.9 Å². The van der Waals surface area contributed by atoms with Crippen molar-refractivity contribution in [1.82, 2.24) is 9.88 Å². The quantitative estimate of drug-likeness (QED) is 0.814. The summed E-state index contributed by atoms with van der Waals surface area (Å²) >= 11 is 0. The highest BCUT2D eigenvalue weighted by atomic mass is 16.6. The highest BCUT2D eigenvalue weighted by Crippen LogP contribution is 2.30. The van der Waals surface area contributed by atoms with E-state index in [-0.39, 0.29) is 25.0 Å². The van der Waals surface area contributed by atoms with Gasteiger partial charge in [-0.1, -0.05) is 26.0 Å². The maximum Gasteiger partial charge on any atom is 0.416 e. The van der Waals surface area contributed by atoms with E-state index in [0.717, 1.165) is 4.90 Å². The Morgan fingerprint density at radius 2 is 2.35 bits per heavy atom. The number of aliphatic hydroxyl groups excluding tert-OH is 1. The van der Waals surface area contributed by atoms with Crippen molar-refractivity contribution in [3.63, 3.8) is 0 Å². The molecule has 0 unspecified atom stereocenters. The van der Waals surface area contributed by atoms with Gasteiger partial charge in [0.25, 0.3) is 0 Å². The van der Waals surface area contributed by atoms with E-state index in [9.17, 15) is 14.7 Å². The molecule has 2 heterocycles. The van der Waals surface area contributed by atoms with E-state index in [1.54, 1.807) is 24.4 Å². The van der Waals surface area contributed by atoms with Crippen molar-refractivity contribution in [3.8, 4) is 0 Å². The van der Waals surface area contributed by atoms with Crippen LogP contribution < -0.4 is 0 Å². The second-order valence-electron chi connectivity index (χ2n) is 5.96. The van der Waals surface area contributed by atoms with Gasteiger partial charge < -0.3 is 9.84 Å². The summed E-state index contributed by atoms with van der Waals surface area (Å²) in [5.41, 5.74) is 0.529. The van der Waals surface area contributed by atoms with Crippen LogP contribution in [0.4, 0.5) is 4.79 Å². The zero-order valence-corrected chi connectivity index (χ0v) is 13.4. The second kappa shape index (κ2) is 7.37. The topological polar surface area (TPSA) is 79.7 Å². The molecule has 6 heteroatoms. The molecule has 0 radical (unpaired) electrons. The molecule has 1 aromatic rings. The summed E-state index contributed by atoms with van der Waals surface area (Å²) in [7, 11) is 0. The second-order valence-corrected chi connectivity index (χ2v) is 5.96. The lowest BCUT2D eigenvalue weighted by molar-refractivity contribution is -0.137. The lowest BCUT2D eigenvalue weighted by Crippen LogP contribution is -2.46. The summed E-state index contributed by atoms with van der Waals surface area (Å²) in [4.78, 5) is 29.9. The van der Waals surface area contributed by atoms with Gasteiger partial charge in [0.15, 0.2) is 0 Å². The molecular weight excluding hydrogens is 296 g/mol. The number of amides is 2. The van der Waals surface area contributed by atoms with Gasteiger partial charge in [0, 0.05) is 12.4 Å². The molecule has 124 valence electrons. The largest absolute Gasteiger partial charge is 0.447 e. The Morgan fingerprint density at radius 3 is 2.91 bits per heavy atom. The summed E-state index contributed by atoms with van der Waals surface area (Å²) in [6.07, 6.45) is 3.21. The molecule has 0 saturated carbocycles. The molecule has 2 amide bonds. The van der Waals surface area contributed by atoms with E-state index in [1.165, 1.54) is 6.20 Å². The molecule has 0 bridgehead atoms. The molecule has 1 aromatic heterocycles. The molecule has 1 N–H and O–H groups in total. The van der Waals surface area contributed by atoms with Crippen LogP contribution in [0.3, 0.4) is 0 Å². The summed E-state index contributed by atoms with van der Waals surface area (Å²) in [6, 6.07) is 3.07. The first-order valence-electron chi connectivity index (χ1n) is 7.66. The number of cyclic esters (lactones) is 1. The Morgan fingerprint density at radius 1 is 1.61 bits per heavy atom. The number of carbonyl (C=O) groups is 2. The number of pyridine rings is 1. The summed E-state index contributed by atoms with van der Waals surface area (Å²) < 4.78 is 5.02. The van der Waals surface area contributed by atoms with Crippen LogP contribution in [-0.4, -0.2) is 39.6 Å². The first kappa shape index (κ1) is 17.1. The van der Waals surface area contributed by atoms with Gasteiger partial charge >= 0.3 is 6.09 Å². The maximum absolute atomic E-state index is 12.9. The number of carbonyl (C=O) groups excluding carboxylic acids is 2. The van der Waals surface area contributed by atoms with Crippen molar-refractivity contribution >= 4 is 12.0 Å². The zero-order chi connectivity index (χ0) is 17.0. The van der Waals surface area contributed by atoms with Gasteiger partial charge in [-0.25, -0.2) is 9.69 Å². The Hall–Kier alpha value is -2.21. The highest BCUT2D eigenvalue weighted by Gasteiger charge is 2.43. The third kappa shape index (κ3) is 3.59. The average Bonchev–Trinajstić information content (AvgIpc) is 2.94. The fraction of sp³-hybridized carbons (Fsp3) is 0.471. The van der Waals surface area contributed by atoms with Crippen LogP contribution in [0, 0.1) is 11.8 Å². The third-order valence-corrected chi connectivity index (χ3v) is 4.06. The number of hydrogen-bond donors (Lipinski definition) is 1. The van der Waals surface area contributed by atoms with Gasteiger partial charge in [-0.05, 0) is 24.0 Å². The fourth-order valence-corrected chi connectivity index (χ4v) is 2.69. The number of aliphatic hydroxyl groups is 1. The smallest absolute Gasteiger partial charge is 0.416 e. The molecule has 1 aliphatic rings. The van der Waals surface area contributed by atoms with Crippen molar-refractivity contribution in [2.24, 2.45) is 11.8 Å². The van der Waals surface area contributed by atoms with E-state index in [0.29, 0.717) is 5.56 Å². The molecule has 2 rings (SSSR count). The summed E-state index contributed by atoms with van der Waals surface area (Å²) in [5.74, 6) is -1.17. The van der Waals surface area contributed by atoms with Gasteiger partial charge in [-0.3, -0.25) is 9.78 Å².